The first-order valence-electron chi connectivity index (χ1n) is 7.90. The molecule has 3 aromatic rings. The Hall–Kier alpha value is -2.16. The minimum Gasteiger partial charge on any atom is -0.344 e. The maximum absolute atomic E-state index is 13.2. The number of aryl methyl sites for hydroxylation is 1. The number of hydrogen-bond donors (Lipinski definition) is 0. The van der Waals surface area contributed by atoms with Gasteiger partial charge in [0.2, 0.25) is 0 Å². The first-order chi connectivity index (χ1) is 12.4. The van der Waals surface area contributed by atoms with E-state index in [1.165, 1.54) is 12.1 Å². The Morgan fingerprint density at radius 2 is 1.65 bits per heavy atom. The molecule has 0 saturated heterocycles. The molecule has 0 aromatic heterocycles. The molecule has 0 aliphatic heterocycles. The van der Waals surface area contributed by atoms with Gasteiger partial charge in [-0.25, -0.2) is 4.39 Å². The zero-order valence-electron chi connectivity index (χ0n) is 14.2. The molecule has 130 valence electrons. The third-order valence-electron chi connectivity index (χ3n) is 4.17. The van der Waals surface area contributed by atoms with Crippen LogP contribution in [0.3, 0.4) is 0 Å². The zero-order valence-corrected chi connectivity index (χ0v) is 17.4. The second kappa shape index (κ2) is 7.61. The summed E-state index contributed by atoms with van der Waals surface area (Å²) in [5.41, 5.74) is 4.99. The van der Waals surface area contributed by atoms with Crippen molar-refractivity contribution >= 4 is 43.2 Å². The molecule has 26 heavy (non-hydrogen) atoms. The third kappa shape index (κ3) is 3.67. The topological polar surface area (TPSA) is 27.0 Å². The predicted molar refractivity (Wildman–Crippen MR) is 111 cm³/mol. The van der Waals surface area contributed by atoms with E-state index in [1.54, 1.807) is 12.1 Å². The van der Waals surface area contributed by atoms with Gasteiger partial charge < -0.3 is 4.90 Å². The van der Waals surface area contributed by atoms with Gasteiger partial charge in [0.15, 0.2) is 0 Å². The molecule has 0 atom stereocenters. The summed E-state index contributed by atoms with van der Waals surface area (Å²) in [6, 6.07) is 18.4. The van der Waals surface area contributed by atoms with Gasteiger partial charge in [-0.05, 0) is 72.6 Å². The van der Waals surface area contributed by atoms with E-state index in [4.69, 9.17) is 0 Å². The largest absolute Gasteiger partial charge is 0.344 e. The molecule has 2 nitrogen and oxygen atoms in total. The van der Waals surface area contributed by atoms with Crippen molar-refractivity contribution in [2.45, 2.75) is 6.92 Å². The molecule has 0 bridgehead atoms. The van der Waals surface area contributed by atoms with Gasteiger partial charge in [0, 0.05) is 27.2 Å². The fourth-order valence-corrected chi connectivity index (χ4v) is 3.69. The van der Waals surface area contributed by atoms with E-state index in [1.807, 2.05) is 49.2 Å². The molecule has 0 spiro atoms. The highest BCUT2D eigenvalue weighted by molar-refractivity contribution is 9.11. The van der Waals surface area contributed by atoms with Gasteiger partial charge in [0.25, 0.3) is 0 Å². The summed E-state index contributed by atoms with van der Waals surface area (Å²) < 4.78 is 15.1. The van der Waals surface area contributed by atoms with Crippen molar-refractivity contribution < 1.29 is 4.39 Å². The van der Waals surface area contributed by atoms with Gasteiger partial charge in [-0.2, -0.15) is 5.26 Å². The molecule has 0 aliphatic rings. The maximum Gasteiger partial charge on any atom is 0.123 e. The van der Waals surface area contributed by atoms with E-state index in [0.717, 1.165) is 37.0 Å². The molecule has 0 aliphatic carbocycles. The fourth-order valence-electron chi connectivity index (χ4n) is 2.87. The maximum atomic E-state index is 13.2. The molecular weight excluding hydrogens is 459 g/mol. The summed E-state index contributed by atoms with van der Waals surface area (Å²) in [6.07, 6.45) is 0. The van der Waals surface area contributed by atoms with E-state index in [-0.39, 0.29) is 5.82 Å². The number of benzene rings is 3. The fraction of sp³-hybridized carbons (Fsp3) is 0.0952. The zero-order chi connectivity index (χ0) is 18.8. The lowest BCUT2D eigenvalue weighted by molar-refractivity contribution is 0.628. The summed E-state index contributed by atoms with van der Waals surface area (Å²) in [5, 5.41) is 9.89. The average Bonchev–Trinajstić information content (AvgIpc) is 2.63. The van der Waals surface area contributed by atoms with Crippen LogP contribution in [-0.4, -0.2) is 7.05 Å². The number of nitrogens with zero attached hydrogens (tertiary/aromatic N) is 2. The summed E-state index contributed by atoms with van der Waals surface area (Å²) in [6.45, 7) is 2.00. The van der Waals surface area contributed by atoms with Crippen molar-refractivity contribution in [3.8, 4) is 17.2 Å². The number of rotatable bonds is 3. The minimum absolute atomic E-state index is 0.286. The van der Waals surface area contributed by atoms with Gasteiger partial charge in [0.1, 0.15) is 11.9 Å². The van der Waals surface area contributed by atoms with Crippen molar-refractivity contribution in [1.29, 1.82) is 5.26 Å². The molecule has 0 N–H and O–H groups in total. The van der Waals surface area contributed by atoms with Crippen LogP contribution in [0.15, 0.2) is 63.5 Å². The third-order valence-corrected chi connectivity index (χ3v) is 5.35. The molecule has 0 radical (unpaired) electrons. The van der Waals surface area contributed by atoms with Crippen LogP contribution in [-0.2, 0) is 0 Å². The quantitative estimate of drug-likeness (QED) is 0.410. The molecular formula is C21H15Br2FN2. The molecule has 0 unspecified atom stereocenters. The van der Waals surface area contributed by atoms with E-state index in [2.05, 4.69) is 37.9 Å². The van der Waals surface area contributed by atoms with Crippen LogP contribution in [0, 0.1) is 24.1 Å². The number of anilines is 2. The minimum atomic E-state index is -0.286. The Kier molecular flexibility index (Phi) is 5.45. The molecule has 0 heterocycles. The Morgan fingerprint density at radius 1 is 0.962 bits per heavy atom. The summed E-state index contributed by atoms with van der Waals surface area (Å²) in [7, 11) is 1.88. The van der Waals surface area contributed by atoms with Crippen LogP contribution >= 0.6 is 31.9 Å². The number of halogens is 3. The van der Waals surface area contributed by atoms with Crippen molar-refractivity contribution in [3.63, 3.8) is 0 Å². The van der Waals surface area contributed by atoms with Crippen LogP contribution in [0.2, 0.25) is 0 Å². The van der Waals surface area contributed by atoms with Gasteiger partial charge in [-0.3, -0.25) is 0 Å². The van der Waals surface area contributed by atoms with E-state index >= 15 is 0 Å². The normalized spacial score (nSPS) is 10.5. The molecule has 0 amide bonds. The predicted octanol–water partition coefficient (Wildman–Crippen LogP) is 6.97. The van der Waals surface area contributed by atoms with Crippen molar-refractivity contribution in [3.05, 3.63) is 80.5 Å². The Morgan fingerprint density at radius 3 is 2.31 bits per heavy atom. The van der Waals surface area contributed by atoms with Gasteiger partial charge in [-0.15, -0.1) is 0 Å². The summed E-state index contributed by atoms with van der Waals surface area (Å²) >= 11 is 7.08. The second-order valence-electron chi connectivity index (χ2n) is 5.98. The van der Waals surface area contributed by atoms with Gasteiger partial charge >= 0.3 is 0 Å². The highest BCUT2D eigenvalue weighted by atomic mass is 79.9. The summed E-state index contributed by atoms with van der Waals surface area (Å²) in [5.74, 6) is -0.286. The Labute approximate surface area is 169 Å². The van der Waals surface area contributed by atoms with E-state index in [0.29, 0.717) is 5.56 Å². The molecule has 5 heteroatoms. The number of hydrogen-bond acceptors (Lipinski definition) is 2. The molecule has 3 rings (SSSR count). The molecule has 0 fully saturated rings. The number of nitriles is 1. The van der Waals surface area contributed by atoms with E-state index in [9.17, 15) is 9.65 Å². The first-order valence-corrected chi connectivity index (χ1v) is 9.49. The SMILES string of the molecule is Cc1cc(-c2cc(Br)ccc2Br)c(C#N)c(N(C)c2ccc(F)cc2)c1. The standard InChI is InChI=1S/C21H15Br2FN2/c1-13-9-17(18-11-14(22)3-8-20(18)23)19(12-25)21(10-13)26(2)16-6-4-15(24)5-7-16/h3-11H,1-2H3. The lowest BCUT2D eigenvalue weighted by Crippen LogP contribution is -2.12. The van der Waals surface area contributed by atoms with Crippen LogP contribution < -0.4 is 4.90 Å². The van der Waals surface area contributed by atoms with Crippen LogP contribution in [0.4, 0.5) is 15.8 Å². The second-order valence-corrected chi connectivity index (χ2v) is 7.75. The van der Waals surface area contributed by atoms with Crippen molar-refractivity contribution in [2.24, 2.45) is 0 Å². The average molecular weight is 474 g/mol. The van der Waals surface area contributed by atoms with Crippen molar-refractivity contribution in [2.75, 3.05) is 11.9 Å². The molecule has 0 saturated carbocycles. The van der Waals surface area contributed by atoms with E-state index < -0.39 is 0 Å². The molecule has 3 aromatic carbocycles. The van der Waals surface area contributed by atoms with Crippen LogP contribution in [0.1, 0.15) is 11.1 Å². The van der Waals surface area contributed by atoms with Gasteiger partial charge in [0.05, 0.1) is 11.3 Å². The van der Waals surface area contributed by atoms with Crippen LogP contribution in [0.25, 0.3) is 11.1 Å². The Bertz CT molecular complexity index is 1010. The Balaban J connectivity index is 2.22. The van der Waals surface area contributed by atoms with Crippen LogP contribution in [0.5, 0.6) is 0 Å². The van der Waals surface area contributed by atoms with Gasteiger partial charge in [-0.1, -0.05) is 31.9 Å². The lowest BCUT2D eigenvalue weighted by Gasteiger charge is -2.23. The highest BCUT2D eigenvalue weighted by Gasteiger charge is 2.17. The van der Waals surface area contributed by atoms with Crippen molar-refractivity contribution in [1.82, 2.24) is 0 Å². The summed E-state index contributed by atoms with van der Waals surface area (Å²) in [4.78, 5) is 1.90. The smallest absolute Gasteiger partial charge is 0.123 e. The lowest BCUT2D eigenvalue weighted by atomic mass is 9.96. The monoisotopic (exact) mass is 472 g/mol. The highest BCUT2D eigenvalue weighted by Crippen LogP contribution is 2.39. The first kappa shape index (κ1) is 18.6.